The highest BCUT2D eigenvalue weighted by atomic mass is 32.2. The average Bonchev–Trinajstić information content (AvgIpc) is 3.36. The molecule has 4 aromatic rings. The fourth-order valence-corrected chi connectivity index (χ4v) is 9.33. The van der Waals surface area contributed by atoms with E-state index in [9.17, 15) is 18.3 Å². The Hall–Kier alpha value is -4.08. The summed E-state index contributed by atoms with van der Waals surface area (Å²) in [6, 6.07) is 26.9. The molecule has 2 heterocycles. The molecule has 2 aromatic carbocycles. The number of hydrogen-bond donors (Lipinski definition) is 3. The van der Waals surface area contributed by atoms with Crippen molar-refractivity contribution in [1.29, 1.82) is 0 Å². The van der Waals surface area contributed by atoms with E-state index in [1.54, 1.807) is 24.5 Å². The number of benzene rings is 2. The van der Waals surface area contributed by atoms with Crippen LogP contribution in [-0.2, 0) is 14.8 Å². The van der Waals surface area contributed by atoms with Crippen molar-refractivity contribution < 1.29 is 18.3 Å². The van der Waals surface area contributed by atoms with E-state index in [1.807, 2.05) is 92.7 Å². The first-order valence-corrected chi connectivity index (χ1v) is 16.7. The highest BCUT2D eigenvalue weighted by Gasteiger charge is 2.65. The molecule has 2 aromatic heterocycles. The fraction of sp³-hybridized carbons (Fsp3) is 0.343. The van der Waals surface area contributed by atoms with Crippen molar-refractivity contribution in [2.24, 2.45) is 16.7 Å². The monoisotopic (exact) mass is 610 g/mol. The molecule has 44 heavy (non-hydrogen) atoms. The predicted octanol–water partition coefficient (Wildman–Crippen LogP) is 6.28. The molecule has 2 bridgehead atoms. The van der Waals surface area contributed by atoms with Gasteiger partial charge in [0.1, 0.15) is 11.6 Å². The highest BCUT2D eigenvalue weighted by molar-refractivity contribution is 7.92. The van der Waals surface area contributed by atoms with Gasteiger partial charge in [-0.1, -0.05) is 74.5 Å². The molecule has 4 unspecified atom stereocenters. The second-order valence-electron chi connectivity index (χ2n) is 12.6. The van der Waals surface area contributed by atoms with Crippen LogP contribution in [0, 0.1) is 16.7 Å². The largest absolute Gasteiger partial charge is 0.388 e. The molecule has 6 rings (SSSR count). The Morgan fingerprint density at radius 1 is 0.909 bits per heavy atom. The number of fused-ring (bicyclic) bond motifs is 2. The van der Waals surface area contributed by atoms with E-state index in [1.165, 1.54) is 0 Å². The summed E-state index contributed by atoms with van der Waals surface area (Å²) < 4.78 is 30.7. The maximum Gasteiger partial charge on any atom is 0.233 e. The third-order valence-corrected chi connectivity index (χ3v) is 11.4. The van der Waals surface area contributed by atoms with Crippen LogP contribution in [0.15, 0.2) is 103 Å². The molecule has 8 nitrogen and oxygen atoms in total. The number of para-hydroxylation sites is 1. The number of aliphatic hydroxyl groups excluding tert-OH is 1. The number of sulfonamides is 1. The first-order chi connectivity index (χ1) is 21.1. The van der Waals surface area contributed by atoms with Crippen molar-refractivity contribution in [3.63, 3.8) is 0 Å². The second kappa shape index (κ2) is 11.8. The molecule has 228 valence electrons. The third kappa shape index (κ3) is 5.50. The van der Waals surface area contributed by atoms with Gasteiger partial charge in [-0.2, -0.15) is 0 Å². The van der Waals surface area contributed by atoms with Crippen molar-refractivity contribution in [2.45, 2.75) is 51.2 Å². The van der Waals surface area contributed by atoms with Gasteiger partial charge >= 0.3 is 0 Å². The summed E-state index contributed by atoms with van der Waals surface area (Å²) in [7, 11) is -3.95. The molecule has 0 aliphatic heterocycles. The number of aliphatic hydroxyl groups is 1. The highest BCUT2D eigenvalue weighted by Crippen LogP contribution is 2.64. The molecule has 2 fully saturated rings. The first-order valence-electron chi connectivity index (χ1n) is 15.1. The zero-order valence-corrected chi connectivity index (χ0v) is 25.7. The lowest BCUT2D eigenvalue weighted by atomic mass is 9.70. The number of nitrogens with zero attached hydrogens (tertiary/aromatic N) is 2. The molecule has 0 saturated heterocycles. The Kier molecular flexibility index (Phi) is 8.02. The molecular formula is C35H38N4O4S. The van der Waals surface area contributed by atoms with Gasteiger partial charge in [0.15, 0.2) is 0 Å². The summed E-state index contributed by atoms with van der Waals surface area (Å²) in [6.07, 6.45) is 4.25. The van der Waals surface area contributed by atoms with Gasteiger partial charge in [0, 0.05) is 24.5 Å². The second-order valence-corrected chi connectivity index (χ2v) is 14.3. The molecule has 3 N–H and O–H groups in total. The Balaban J connectivity index is 1.43. The minimum absolute atomic E-state index is 0.0494. The van der Waals surface area contributed by atoms with Crippen molar-refractivity contribution in [2.75, 3.05) is 15.8 Å². The molecule has 0 spiro atoms. The van der Waals surface area contributed by atoms with Gasteiger partial charge in [-0.05, 0) is 65.6 Å². The van der Waals surface area contributed by atoms with E-state index < -0.39 is 33.5 Å². The Labute approximate surface area is 259 Å². The number of hydrogen-bond acceptors (Lipinski definition) is 7. The Morgan fingerprint density at radius 3 is 2.23 bits per heavy atom. The minimum Gasteiger partial charge on any atom is -0.388 e. The normalized spacial score (nSPS) is 22.7. The molecule has 5 atom stereocenters. The smallest absolute Gasteiger partial charge is 0.233 e. The van der Waals surface area contributed by atoms with E-state index in [2.05, 4.69) is 20.0 Å². The number of anilines is 2. The van der Waals surface area contributed by atoms with Gasteiger partial charge in [0.25, 0.3) is 0 Å². The van der Waals surface area contributed by atoms with Crippen molar-refractivity contribution in [3.8, 4) is 0 Å². The van der Waals surface area contributed by atoms with E-state index in [-0.39, 0.29) is 22.9 Å². The number of pyridine rings is 2. The van der Waals surface area contributed by atoms with Crippen molar-refractivity contribution in [1.82, 2.24) is 9.97 Å². The Morgan fingerprint density at radius 2 is 1.59 bits per heavy atom. The van der Waals surface area contributed by atoms with Crippen LogP contribution in [0.25, 0.3) is 0 Å². The number of ketones is 1. The quantitative estimate of drug-likeness (QED) is 0.183. The van der Waals surface area contributed by atoms with Gasteiger partial charge in [-0.3, -0.25) is 14.5 Å². The molecule has 0 amide bonds. The van der Waals surface area contributed by atoms with Crippen LogP contribution in [0.1, 0.15) is 68.0 Å². The molecule has 0 radical (unpaired) electrons. The van der Waals surface area contributed by atoms with Crippen LogP contribution in [0.2, 0.25) is 0 Å². The summed E-state index contributed by atoms with van der Waals surface area (Å²) in [6.45, 7) is 4.07. The summed E-state index contributed by atoms with van der Waals surface area (Å²) in [5, 5.41) is 15.4. The number of Topliss-reactive ketones (excluding diaryl/α,β-unsaturated/α-hetero) is 1. The van der Waals surface area contributed by atoms with Gasteiger partial charge < -0.3 is 10.4 Å². The van der Waals surface area contributed by atoms with Gasteiger partial charge in [0.05, 0.1) is 34.9 Å². The van der Waals surface area contributed by atoms with Gasteiger partial charge in [-0.25, -0.2) is 13.4 Å². The lowest BCUT2D eigenvalue weighted by Gasteiger charge is -2.36. The van der Waals surface area contributed by atoms with Crippen molar-refractivity contribution >= 4 is 27.3 Å². The minimum atomic E-state index is -3.95. The Bertz CT molecular complexity index is 1720. The number of rotatable bonds is 11. The predicted molar refractivity (Wildman–Crippen MR) is 171 cm³/mol. The van der Waals surface area contributed by atoms with E-state index in [4.69, 9.17) is 0 Å². The summed E-state index contributed by atoms with van der Waals surface area (Å²) in [4.78, 5) is 22.3. The fourth-order valence-electron chi connectivity index (χ4n) is 7.41. The number of aromatic nitrogens is 2. The zero-order valence-electron chi connectivity index (χ0n) is 24.9. The van der Waals surface area contributed by atoms with Crippen LogP contribution in [0.4, 0.5) is 11.5 Å². The van der Waals surface area contributed by atoms with Crippen LogP contribution < -0.4 is 10.0 Å². The molecule has 2 saturated carbocycles. The molecule has 2 aliphatic rings. The lowest BCUT2D eigenvalue weighted by molar-refractivity contribution is -0.128. The topological polar surface area (TPSA) is 121 Å². The molecule has 2 aliphatic carbocycles. The third-order valence-electron chi connectivity index (χ3n) is 9.97. The maximum absolute atomic E-state index is 13.9. The van der Waals surface area contributed by atoms with Crippen LogP contribution in [0.5, 0.6) is 0 Å². The SMILES string of the molecule is CC1(C)[C@@H]2CCC1(CS(=O)(=O)Nc1ccccc1C(Nc1ccccn1)C(c1ccccn1)C(O)c1ccccc1)C(=O)C2. The number of nitrogens with one attached hydrogen (secondary N) is 2. The van der Waals surface area contributed by atoms with Crippen LogP contribution >= 0.6 is 0 Å². The summed E-state index contributed by atoms with van der Waals surface area (Å²) in [5.41, 5.74) is 1.03. The van der Waals surface area contributed by atoms with Crippen molar-refractivity contribution in [3.05, 3.63) is 120 Å². The molecular weight excluding hydrogens is 572 g/mol. The summed E-state index contributed by atoms with van der Waals surface area (Å²) in [5.74, 6) is -0.0802. The van der Waals surface area contributed by atoms with E-state index >= 15 is 0 Å². The van der Waals surface area contributed by atoms with Gasteiger partial charge in [0.2, 0.25) is 10.0 Å². The number of carbonyl (C=O) groups is 1. The first kappa shape index (κ1) is 30.0. The van der Waals surface area contributed by atoms with Gasteiger partial charge in [-0.15, -0.1) is 0 Å². The molecule has 9 heteroatoms. The maximum atomic E-state index is 13.9. The zero-order chi connectivity index (χ0) is 31.0. The number of carbonyl (C=O) groups excluding carboxylic acids is 1. The van der Waals surface area contributed by atoms with Crippen LogP contribution in [0.3, 0.4) is 0 Å². The van der Waals surface area contributed by atoms with Crippen LogP contribution in [-0.4, -0.2) is 35.0 Å². The average molecular weight is 611 g/mol. The summed E-state index contributed by atoms with van der Waals surface area (Å²) >= 11 is 0. The van der Waals surface area contributed by atoms with E-state index in [0.29, 0.717) is 41.2 Å². The van der Waals surface area contributed by atoms with E-state index in [0.717, 1.165) is 6.42 Å². The standard InChI is InChI=1S/C35H38N4O4S/c1-34(2)25-18-19-35(34,29(40)22-25)23-44(42,43)39-27-15-7-6-14-26(27)32(38-30-17-9-11-21-37-30)31(28-16-8-10-20-36-28)33(41)24-12-4-3-5-13-24/h3-17,20-21,25,31-33,39,41H,18-19,22-23H2,1-2H3,(H,37,38)/t25-,31?,32?,33?,35?/m1/s1. The lowest BCUT2D eigenvalue weighted by Crippen LogP contribution is -2.43.